The second kappa shape index (κ2) is 8.13. The first-order valence-electron chi connectivity index (χ1n) is 9.56. The van der Waals surface area contributed by atoms with Crippen LogP contribution in [0.1, 0.15) is 55.9 Å². The predicted molar refractivity (Wildman–Crippen MR) is 102 cm³/mol. The molecule has 4 nitrogen and oxygen atoms in total. The van der Waals surface area contributed by atoms with Crippen molar-refractivity contribution in [2.24, 2.45) is 5.92 Å². The lowest BCUT2D eigenvalue weighted by molar-refractivity contribution is -0.171. The van der Waals surface area contributed by atoms with Gasteiger partial charge >= 0.3 is 6.18 Å². The molecule has 1 aromatic carbocycles. The van der Waals surface area contributed by atoms with E-state index < -0.39 is 30.0 Å². The number of rotatable bonds is 4. The summed E-state index contributed by atoms with van der Waals surface area (Å²) >= 11 is 0. The number of hydrogen-bond acceptors (Lipinski definition) is 2. The van der Waals surface area contributed by atoms with Crippen molar-refractivity contribution in [2.45, 2.75) is 71.5 Å². The summed E-state index contributed by atoms with van der Waals surface area (Å²) in [6.07, 6.45) is -4.25. The van der Waals surface area contributed by atoms with Gasteiger partial charge in [-0.1, -0.05) is 32.9 Å². The quantitative estimate of drug-likeness (QED) is 0.760. The van der Waals surface area contributed by atoms with Crippen LogP contribution in [0.15, 0.2) is 12.1 Å². The highest BCUT2D eigenvalue weighted by atomic mass is 19.4. The van der Waals surface area contributed by atoms with Crippen molar-refractivity contribution < 1.29 is 22.8 Å². The van der Waals surface area contributed by atoms with Crippen LogP contribution in [0.25, 0.3) is 0 Å². The molecule has 0 aromatic heterocycles. The molecule has 28 heavy (non-hydrogen) atoms. The molecule has 0 spiro atoms. The normalized spacial score (nSPS) is 20.6. The summed E-state index contributed by atoms with van der Waals surface area (Å²) in [5.74, 6) is -2.43. The molecule has 2 atom stereocenters. The molecule has 1 saturated heterocycles. The second-order valence-electron chi connectivity index (χ2n) is 8.61. The Balaban J connectivity index is 1.94. The Morgan fingerprint density at radius 1 is 1.14 bits per heavy atom. The molecule has 0 unspecified atom stereocenters. The van der Waals surface area contributed by atoms with E-state index in [1.165, 1.54) is 5.56 Å². The third kappa shape index (κ3) is 5.26. The highest BCUT2D eigenvalue weighted by molar-refractivity contribution is 6.00. The monoisotopic (exact) mass is 398 g/mol. The number of alkyl halides is 3. The van der Waals surface area contributed by atoms with Crippen molar-refractivity contribution in [3.63, 3.8) is 0 Å². The third-order valence-corrected chi connectivity index (χ3v) is 5.32. The Hall–Kier alpha value is -2.05. The SMILES string of the molecule is Cc1cc(C(C)(C)C)cc(C)c1CCNC(=O)[C@@H]1CC[C@@H](C(F)(F)F)NC1=O. The van der Waals surface area contributed by atoms with Gasteiger partial charge in [0.05, 0.1) is 0 Å². The van der Waals surface area contributed by atoms with E-state index in [9.17, 15) is 22.8 Å². The first kappa shape index (κ1) is 22.2. The Morgan fingerprint density at radius 2 is 1.71 bits per heavy atom. The van der Waals surface area contributed by atoms with E-state index in [1.54, 1.807) is 0 Å². The minimum atomic E-state index is -4.48. The van der Waals surface area contributed by atoms with Gasteiger partial charge in [-0.25, -0.2) is 0 Å². The molecular formula is C21H29F3N2O2. The van der Waals surface area contributed by atoms with Crippen LogP contribution in [0.4, 0.5) is 13.2 Å². The number of piperidine rings is 1. The average Bonchev–Trinajstić information content (AvgIpc) is 2.55. The molecule has 1 aliphatic heterocycles. The van der Waals surface area contributed by atoms with Crippen molar-refractivity contribution in [1.29, 1.82) is 0 Å². The summed E-state index contributed by atoms with van der Waals surface area (Å²) in [5.41, 5.74) is 4.71. The van der Waals surface area contributed by atoms with E-state index in [0.717, 1.165) is 16.7 Å². The van der Waals surface area contributed by atoms with Gasteiger partial charge in [-0.2, -0.15) is 13.2 Å². The standard InChI is InChI=1S/C21H29F3N2O2/c1-12-10-14(20(3,4)5)11-13(2)15(12)8-9-25-18(27)16-6-7-17(21(22,23)24)26-19(16)28/h10-11,16-17H,6-9H2,1-5H3,(H,25,27)(H,26,28)/t16-,17-/m0/s1. The number of benzene rings is 1. The van der Waals surface area contributed by atoms with Gasteiger partial charge < -0.3 is 10.6 Å². The van der Waals surface area contributed by atoms with Gasteiger partial charge in [-0.05, 0) is 60.8 Å². The number of halogens is 3. The van der Waals surface area contributed by atoms with E-state index >= 15 is 0 Å². The van der Waals surface area contributed by atoms with E-state index in [4.69, 9.17) is 0 Å². The summed E-state index contributed by atoms with van der Waals surface area (Å²) in [4.78, 5) is 24.2. The van der Waals surface area contributed by atoms with Crippen LogP contribution in [0, 0.1) is 19.8 Å². The van der Waals surface area contributed by atoms with Crippen molar-refractivity contribution in [1.82, 2.24) is 10.6 Å². The van der Waals surface area contributed by atoms with E-state index in [-0.39, 0.29) is 18.3 Å². The smallest absolute Gasteiger partial charge is 0.355 e. The lowest BCUT2D eigenvalue weighted by atomic mass is 9.83. The molecule has 0 saturated carbocycles. The summed E-state index contributed by atoms with van der Waals surface area (Å²) in [6, 6.07) is 2.43. The fourth-order valence-electron chi connectivity index (χ4n) is 3.56. The number of aryl methyl sites for hydroxylation is 2. The van der Waals surface area contributed by atoms with Crippen LogP contribution in [0.2, 0.25) is 0 Å². The largest absolute Gasteiger partial charge is 0.408 e. The second-order valence-corrected chi connectivity index (χ2v) is 8.61. The van der Waals surface area contributed by atoms with Crippen LogP contribution >= 0.6 is 0 Å². The maximum absolute atomic E-state index is 12.7. The molecule has 7 heteroatoms. The van der Waals surface area contributed by atoms with Gasteiger partial charge in [-0.15, -0.1) is 0 Å². The fraction of sp³-hybridized carbons (Fsp3) is 0.619. The Morgan fingerprint density at radius 3 is 2.18 bits per heavy atom. The third-order valence-electron chi connectivity index (χ3n) is 5.32. The van der Waals surface area contributed by atoms with Crippen molar-refractivity contribution in [2.75, 3.05) is 6.54 Å². The van der Waals surface area contributed by atoms with Gasteiger partial charge in [-0.3, -0.25) is 9.59 Å². The Bertz CT molecular complexity index is 728. The van der Waals surface area contributed by atoms with Crippen molar-refractivity contribution in [3.05, 3.63) is 34.4 Å². The van der Waals surface area contributed by atoms with Crippen molar-refractivity contribution in [3.8, 4) is 0 Å². The molecule has 2 amide bonds. The molecule has 156 valence electrons. The molecule has 1 aliphatic rings. The maximum Gasteiger partial charge on any atom is 0.408 e. The van der Waals surface area contributed by atoms with Gasteiger partial charge in [0.1, 0.15) is 12.0 Å². The minimum absolute atomic E-state index is 0.0465. The summed E-state index contributed by atoms with van der Waals surface area (Å²) < 4.78 is 38.1. The number of amides is 2. The van der Waals surface area contributed by atoms with Gasteiger partial charge in [0.25, 0.3) is 0 Å². The topological polar surface area (TPSA) is 58.2 Å². The molecular weight excluding hydrogens is 369 g/mol. The predicted octanol–water partition coefficient (Wildman–Crippen LogP) is 3.72. The summed E-state index contributed by atoms with van der Waals surface area (Å²) in [5, 5.41) is 4.61. The maximum atomic E-state index is 12.7. The van der Waals surface area contributed by atoms with Crippen LogP contribution in [-0.2, 0) is 21.4 Å². The highest BCUT2D eigenvalue weighted by Gasteiger charge is 2.45. The molecule has 2 rings (SSSR count). The molecule has 1 heterocycles. The fourth-order valence-corrected chi connectivity index (χ4v) is 3.56. The van der Waals surface area contributed by atoms with E-state index in [0.29, 0.717) is 13.0 Å². The summed E-state index contributed by atoms with van der Waals surface area (Å²) in [6.45, 7) is 10.9. The van der Waals surface area contributed by atoms with Gasteiger partial charge in [0, 0.05) is 6.54 Å². The van der Waals surface area contributed by atoms with Crippen LogP contribution < -0.4 is 10.6 Å². The van der Waals surface area contributed by atoms with Gasteiger partial charge in [0.15, 0.2) is 0 Å². The van der Waals surface area contributed by atoms with E-state index in [1.807, 2.05) is 19.2 Å². The molecule has 0 aliphatic carbocycles. The number of nitrogens with one attached hydrogen (secondary N) is 2. The van der Waals surface area contributed by atoms with Crippen molar-refractivity contribution >= 4 is 11.8 Å². The van der Waals surface area contributed by atoms with Crippen LogP contribution in [0.3, 0.4) is 0 Å². The zero-order valence-electron chi connectivity index (χ0n) is 17.1. The zero-order chi connectivity index (χ0) is 21.3. The van der Waals surface area contributed by atoms with Crippen LogP contribution in [-0.4, -0.2) is 30.6 Å². The minimum Gasteiger partial charge on any atom is -0.355 e. The first-order valence-corrected chi connectivity index (χ1v) is 9.56. The zero-order valence-corrected chi connectivity index (χ0v) is 17.1. The van der Waals surface area contributed by atoms with E-state index in [2.05, 4.69) is 38.2 Å². The Labute approximate surface area is 164 Å². The number of hydrogen-bond donors (Lipinski definition) is 2. The first-order chi connectivity index (χ1) is 12.8. The molecule has 1 fully saturated rings. The highest BCUT2D eigenvalue weighted by Crippen LogP contribution is 2.29. The number of carbonyl (C=O) groups excluding carboxylic acids is 2. The van der Waals surface area contributed by atoms with Crippen LogP contribution in [0.5, 0.6) is 0 Å². The molecule has 1 aromatic rings. The summed E-state index contributed by atoms with van der Waals surface area (Å²) in [7, 11) is 0. The molecule has 0 radical (unpaired) electrons. The van der Waals surface area contributed by atoms with Gasteiger partial charge in [0.2, 0.25) is 11.8 Å². The lowest BCUT2D eigenvalue weighted by Gasteiger charge is -2.29. The molecule has 2 N–H and O–H groups in total. The Kier molecular flexibility index (Phi) is 6.46. The number of carbonyl (C=O) groups is 2. The molecule has 0 bridgehead atoms. The average molecular weight is 398 g/mol. The lowest BCUT2D eigenvalue weighted by Crippen LogP contribution is -2.54.